The fourth-order valence-corrected chi connectivity index (χ4v) is 6.62. The predicted molar refractivity (Wildman–Crippen MR) is 178 cm³/mol. The molecule has 42 heavy (non-hydrogen) atoms. The number of benzene rings is 3. The van der Waals surface area contributed by atoms with E-state index in [0.29, 0.717) is 11.4 Å². The minimum absolute atomic E-state index is 0.235. The number of hydrogen-bond donors (Lipinski definition) is 2. The third-order valence-electron chi connectivity index (χ3n) is 7.47. The molecule has 0 aliphatic carbocycles. The first-order valence-electron chi connectivity index (χ1n) is 14.6. The summed E-state index contributed by atoms with van der Waals surface area (Å²) in [6.07, 6.45) is 8.04. The maximum absolute atomic E-state index is 11.9. The molecular weight excluding hydrogens is 562 g/mol. The molecule has 0 fully saturated rings. The van der Waals surface area contributed by atoms with Gasteiger partial charge in [-0.25, -0.2) is 4.98 Å². The summed E-state index contributed by atoms with van der Waals surface area (Å²) in [6.45, 7) is 5.64. The van der Waals surface area contributed by atoms with Gasteiger partial charge in [-0.1, -0.05) is 85.3 Å². The van der Waals surface area contributed by atoms with Crippen LogP contribution in [0.2, 0.25) is 5.02 Å². The van der Waals surface area contributed by atoms with E-state index in [-0.39, 0.29) is 5.25 Å². The van der Waals surface area contributed by atoms with Crippen LogP contribution in [0.25, 0.3) is 23.1 Å². The monoisotopic (exact) mass is 601 g/mol. The molecule has 0 aliphatic heterocycles. The van der Waals surface area contributed by atoms with Crippen molar-refractivity contribution in [2.24, 2.45) is 0 Å². The zero-order valence-corrected chi connectivity index (χ0v) is 26.2. The Morgan fingerprint density at radius 3 is 2.57 bits per heavy atom. The highest BCUT2D eigenvalue weighted by atomic mass is 35.5. The summed E-state index contributed by atoms with van der Waals surface area (Å²) in [6, 6.07) is 26.4. The topological polar surface area (TPSA) is 70.4 Å². The number of nitrogens with zero attached hydrogens (tertiary/aromatic N) is 1. The highest BCUT2D eigenvalue weighted by molar-refractivity contribution is 7.99. The molecule has 0 bridgehead atoms. The standard InChI is InChI=1S/C36H40ClNO3S/c1-4-31(35(39)40)32-12-6-5-10-26(32)16-20-34(42-22-8-21-36(2,3)41)28-11-7-9-25(23-28)13-18-30-19-15-27-14-17-29(37)24-33(27)38-30/h5-7,9-15,17-19,23-24,31,34,41H,4,8,16,20-22H2,1-3H3,(H,39,40)/t31-,34+/m1/s1. The number of pyridine rings is 1. The number of carboxylic acids is 1. The van der Waals surface area contributed by atoms with E-state index in [2.05, 4.69) is 42.5 Å². The molecule has 4 aromatic rings. The van der Waals surface area contributed by atoms with Crippen molar-refractivity contribution >= 4 is 52.4 Å². The lowest BCUT2D eigenvalue weighted by Crippen LogP contribution is -2.18. The number of aliphatic hydroxyl groups is 1. The number of thioether (sulfide) groups is 1. The number of hydrogen-bond acceptors (Lipinski definition) is 4. The molecule has 0 amide bonds. The van der Waals surface area contributed by atoms with Crippen molar-refractivity contribution in [3.8, 4) is 0 Å². The molecule has 0 unspecified atom stereocenters. The average molecular weight is 602 g/mol. The number of aromatic nitrogens is 1. The van der Waals surface area contributed by atoms with Gasteiger partial charge in [-0.15, -0.1) is 0 Å². The number of halogens is 1. The molecule has 3 aromatic carbocycles. The number of rotatable bonds is 14. The third-order valence-corrected chi connectivity index (χ3v) is 9.14. The second kappa shape index (κ2) is 14.9. The number of carbonyl (C=O) groups is 1. The summed E-state index contributed by atoms with van der Waals surface area (Å²) in [5.74, 6) is -0.328. The van der Waals surface area contributed by atoms with Gasteiger partial charge in [0.25, 0.3) is 0 Å². The van der Waals surface area contributed by atoms with Crippen LogP contribution in [0.15, 0.2) is 78.9 Å². The van der Waals surface area contributed by atoms with Crippen molar-refractivity contribution in [2.75, 3.05) is 5.75 Å². The van der Waals surface area contributed by atoms with E-state index in [1.807, 2.05) is 81.1 Å². The molecule has 1 heterocycles. The highest BCUT2D eigenvalue weighted by Gasteiger charge is 2.22. The van der Waals surface area contributed by atoms with Crippen LogP contribution in [-0.2, 0) is 11.2 Å². The quantitative estimate of drug-likeness (QED) is 0.141. The largest absolute Gasteiger partial charge is 0.481 e. The van der Waals surface area contributed by atoms with Gasteiger partial charge in [-0.2, -0.15) is 11.8 Å². The zero-order chi connectivity index (χ0) is 30.1. The molecule has 1 aromatic heterocycles. The van der Waals surface area contributed by atoms with Crippen molar-refractivity contribution in [3.63, 3.8) is 0 Å². The van der Waals surface area contributed by atoms with Gasteiger partial charge < -0.3 is 10.2 Å². The Hall–Kier alpha value is -3.12. The second-order valence-corrected chi connectivity index (χ2v) is 13.1. The number of aryl methyl sites for hydroxylation is 1. The molecule has 4 rings (SSSR count). The minimum Gasteiger partial charge on any atom is -0.481 e. The molecule has 0 saturated heterocycles. The van der Waals surface area contributed by atoms with E-state index in [1.54, 1.807) is 0 Å². The van der Waals surface area contributed by atoms with Crippen LogP contribution >= 0.6 is 23.4 Å². The molecule has 2 N–H and O–H groups in total. The van der Waals surface area contributed by atoms with Gasteiger partial charge in [-0.05, 0) is 98.2 Å². The number of fused-ring (bicyclic) bond motifs is 1. The Morgan fingerprint density at radius 1 is 1.02 bits per heavy atom. The molecule has 0 aliphatic rings. The molecule has 2 atom stereocenters. The summed E-state index contributed by atoms with van der Waals surface area (Å²) in [4.78, 5) is 16.7. The van der Waals surface area contributed by atoms with E-state index in [4.69, 9.17) is 16.6 Å². The van der Waals surface area contributed by atoms with Crippen LogP contribution < -0.4 is 0 Å². The summed E-state index contributed by atoms with van der Waals surface area (Å²) in [5.41, 5.74) is 5.42. The van der Waals surface area contributed by atoms with Crippen molar-refractivity contribution in [1.29, 1.82) is 0 Å². The van der Waals surface area contributed by atoms with Crippen LogP contribution in [0.4, 0.5) is 0 Å². The smallest absolute Gasteiger partial charge is 0.310 e. The summed E-state index contributed by atoms with van der Waals surface area (Å²) in [7, 11) is 0. The lowest BCUT2D eigenvalue weighted by molar-refractivity contribution is -0.138. The highest BCUT2D eigenvalue weighted by Crippen LogP contribution is 2.36. The van der Waals surface area contributed by atoms with Crippen molar-refractivity contribution < 1.29 is 15.0 Å². The fraction of sp³-hybridized carbons (Fsp3) is 0.333. The predicted octanol–water partition coefficient (Wildman–Crippen LogP) is 9.59. The van der Waals surface area contributed by atoms with Crippen molar-refractivity contribution in [2.45, 2.75) is 69.6 Å². The lowest BCUT2D eigenvalue weighted by atomic mass is 9.89. The van der Waals surface area contributed by atoms with E-state index in [9.17, 15) is 15.0 Å². The van der Waals surface area contributed by atoms with E-state index in [1.165, 1.54) is 5.56 Å². The maximum Gasteiger partial charge on any atom is 0.310 e. The Bertz CT molecular complexity index is 1530. The van der Waals surface area contributed by atoms with Crippen LogP contribution in [0.1, 0.15) is 85.6 Å². The number of aliphatic carboxylic acids is 1. The Balaban J connectivity index is 1.54. The van der Waals surface area contributed by atoms with Gasteiger partial charge in [0, 0.05) is 15.7 Å². The van der Waals surface area contributed by atoms with E-state index < -0.39 is 17.5 Å². The fourth-order valence-electron chi connectivity index (χ4n) is 5.24. The lowest BCUT2D eigenvalue weighted by Gasteiger charge is -2.21. The molecule has 0 saturated carbocycles. The van der Waals surface area contributed by atoms with Gasteiger partial charge in [0.2, 0.25) is 0 Å². The maximum atomic E-state index is 11.9. The van der Waals surface area contributed by atoms with E-state index >= 15 is 0 Å². The van der Waals surface area contributed by atoms with E-state index in [0.717, 1.165) is 64.7 Å². The minimum atomic E-state index is -0.772. The van der Waals surface area contributed by atoms with Crippen LogP contribution in [0.5, 0.6) is 0 Å². The summed E-state index contributed by atoms with van der Waals surface area (Å²) >= 11 is 8.08. The normalized spacial score (nSPS) is 13.5. The van der Waals surface area contributed by atoms with Gasteiger partial charge >= 0.3 is 5.97 Å². The van der Waals surface area contributed by atoms with Gasteiger partial charge in [0.15, 0.2) is 0 Å². The van der Waals surface area contributed by atoms with Gasteiger partial charge in [-0.3, -0.25) is 4.79 Å². The SMILES string of the molecule is CC[C@@H](C(=O)O)c1ccccc1CC[C@H](SCCCC(C)(C)O)c1cccc(C=Cc2ccc3ccc(Cl)cc3n2)c1. The second-order valence-electron chi connectivity index (χ2n) is 11.4. The Morgan fingerprint density at radius 2 is 1.81 bits per heavy atom. The first kappa shape index (κ1) is 31.8. The van der Waals surface area contributed by atoms with Gasteiger partial charge in [0.1, 0.15) is 0 Å². The molecule has 0 radical (unpaired) electrons. The van der Waals surface area contributed by atoms with Crippen molar-refractivity contribution in [1.82, 2.24) is 4.98 Å². The van der Waals surface area contributed by atoms with Crippen LogP contribution in [0.3, 0.4) is 0 Å². The number of carboxylic acid groups (broad SMARTS) is 1. The van der Waals surface area contributed by atoms with Crippen LogP contribution in [-0.4, -0.2) is 32.5 Å². The zero-order valence-electron chi connectivity index (χ0n) is 24.6. The first-order chi connectivity index (χ1) is 20.1. The molecule has 220 valence electrons. The molecule has 4 nitrogen and oxygen atoms in total. The molecule has 0 spiro atoms. The third kappa shape index (κ3) is 9.19. The Labute approximate surface area is 258 Å². The molecular formula is C36H40ClNO3S. The summed E-state index contributed by atoms with van der Waals surface area (Å²) in [5, 5.41) is 22.0. The van der Waals surface area contributed by atoms with Crippen LogP contribution in [0, 0.1) is 0 Å². The first-order valence-corrected chi connectivity index (χ1v) is 16.0. The van der Waals surface area contributed by atoms with Crippen molar-refractivity contribution in [3.05, 3.63) is 112 Å². The average Bonchev–Trinajstić information content (AvgIpc) is 2.96. The summed E-state index contributed by atoms with van der Waals surface area (Å²) < 4.78 is 0. The molecule has 6 heteroatoms. The van der Waals surface area contributed by atoms with Gasteiger partial charge in [0.05, 0.1) is 22.7 Å². The Kier molecular flexibility index (Phi) is 11.3.